The Morgan fingerprint density at radius 3 is 2.21 bits per heavy atom. The van der Waals surface area contributed by atoms with E-state index in [0.717, 1.165) is 60.6 Å². The van der Waals surface area contributed by atoms with Crippen molar-refractivity contribution in [1.29, 1.82) is 0 Å². The molecule has 3 aliphatic rings. The molecule has 0 aliphatic heterocycles. The van der Waals surface area contributed by atoms with Gasteiger partial charge in [-0.15, -0.1) is 0 Å². The number of rotatable bonds is 2. The molecule has 0 nitrogen and oxygen atoms in total. The number of alkyl halides is 3. The molecule has 6 unspecified atom stereocenters. The highest BCUT2D eigenvalue weighted by molar-refractivity contribution is 5.29. The zero-order valence-electron chi connectivity index (χ0n) is 16.5. The summed E-state index contributed by atoms with van der Waals surface area (Å²) in [5, 5.41) is 0. The van der Waals surface area contributed by atoms with Gasteiger partial charge in [0.15, 0.2) is 0 Å². The van der Waals surface area contributed by atoms with Gasteiger partial charge in [-0.3, -0.25) is 0 Å². The van der Waals surface area contributed by atoms with E-state index in [4.69, 9.17) is 0 Å². The summed E-state index contributed by atoms with van der Waals surface area (Å²) in [7, 11) is 0. The number of allylic oxidation sites excluding steroid dienone is 2. The molecule has 28 heavy (non-hydrogen) atoms. The average molecular weight is 394 g/mol. The fourth-order valence-electron chi connectivity index (χ4n) is 6.60. The SMILES string of the molecule is CC=CC1CCC2C(CCC3CC(c4ccc(C(F)(F)F)c(F)c4)CCC32)C1. The lowest BCUT2D eigenvalue weighted by molar-refractivity contribution is -0.140. The van der Waals surface area contributed by atoms with Crippen LogP contribution in [0, 0.1) is 35.4 Å². The Hall–Kier alpha value is -1.32. The number of halogens is 4. The van der Waals surface area contributed by atoms with Gasteiger partial charge >= 0.3 is 6.18 Å². The molecule has 0 heterocycles. The second-order valence-electron chi connectivity index (χ2n) is 9.27. The van der Waals surface area contributed by atoms with E-state index in [-0.39, 0.29) is 5.92 Å². The first-order chi connectivity index (χ1) is 13.4. The Labute approximate surface area is 165 Å². The lowest BCUT2D eigenvalue weighted by atomic mass is 9.55. The Morgan fingerprint density at radius 1 is 0.893 bits per heavy atom. The van der Waals surface area contributed by atoms with Gasteiger partial charge < -0.3 is 0 Å². The predicted octanol–water partition coefficient (Wildman–Crippen LogP) is 7.75. The number of hydrogen-bond donors (Lipinski definition) is 0. The third-order valence-corrected chi connectivity index (χ3v) is 7.82. The lowest BCUT2D eigenvalue weighted by Gasteiger charge is -2.50. The molecule has 1 aromatic carbocycles. The van der Waals surface area contributed by atoms with E-state index in [1.54, 1.807) is 0 Å². The van der Waals surface area contributed by atoms with E-state index in [1.165, 1.54) is 38.2 Å². The average Bonchev–Trinajstić information content (AvgIpc) is 2.66. The molecular formula is C24H30F4. The Balaban J connectivity index is 1.43. The van der Waals surface area contributed by atoms with E-state index in [1.807, 2.05) is 0 Å². The van der Waals surface area contributed by atoms with Crippen molar-refractivity contribution in [3.05, 3.63) is 47.3 Å². The topological polar surface area (TPSA) is 0 Å². The lowest BCUT2D eigenvalue weighted by Crippen LogP contribution is -2.41. The van der Waals surface area contributed by atoms with E-state index in [2.05, 4.69) is 19.1 Å². The highest BCUT2D eigenvalue weighted by Gasteiger charge is 2.44. The van der Waals surface area contributed by atoms with Crippen LogP contribution in [0.3, 0.4) is 0 Å². The van der Waals surface area contributed by atoms with Crippen LogP contribution in [0.4, 0.5) is 17.6 Å². The van der Waals surface area contributed by atoms with Crippen molar-refractivity contribution in [2.45, 2.75) is 70.4 Å². The fraction of sp³-hybridized carbons (Fsp3) is 0.667. The molecule has 4 heteroatoms. The van der Waals surface area contributed by atoms with Gasteiger partial charge in [-0.2, -0.15) is 13.2 Å². The molecular weight excluding hydrogens is 364 g/mol. The van der Waals surface area contributed by atoms with Crippen LogP contribution in [0.15, 0.2) is 30.4 Å². The normalized spacial score (nSPS) is 36.2. The van der Waals surface area contributed by atoms with Crippen LogP contribution in [-0.2, 0) is 6.18 Å². The summed E-state index contributed by atoms with van der Waals surface area (Å²) in [5.41, 5.74) is -0.397. The van der Waals surface area contributed by atoms with Crippen LogP contribution in [0.2, 0.25) is 0 Å². The van der Waals surface area contributed by atoms with Crippen molar-refractivity contribution < 1.29 is 17.6 Å². The van der Waals surface area contributed by atoms with E-state index in [0.29, 0.717) is 5.92 Å². The first kappa shape index (κ1) is 20.0. The molecule has 0 bridgehead atoms. The van der Waals surface area contributed by atoms with E-state index >= 15 is 0 Å². The minimum absolute atomic E-state index is 0.203. The largest absolute Gasteiger partial charge is 0.419 e. The minimum Gasteiger partial charge on any atom is -0.206 e. The van der Waals surface area contributed by atoms with Gasteiger partial charge in [0.2, 0.25) is 0 Å². The van der Waals surface area contributed by atoms with Crippen LogP contribution in [-0.4, -0.2) is 0 Å². The summed E-state index contributed by atoms with van der Waals surface area (Å²) in [5.74, 6) is 2.91. The Kier molecular flexibility index (Phi) is 5.59. The summed E-state index contributed by atoms with van der Waals surface area (Å²) >= 11 is 0. The standard InChI is InChI=1S/C24H30F4/c1-2-3-15-4-9-20-18(12-15)5-6-19-13-16(7-10-21(19)20)17-8-11-22(23(25)14-17)24(26,27)28/h2-3,8,11,14-16,18-21H,4-7,9-10,12-13H2,1H3. The second-order valence-corrected chi connectivity index (χ2v) is 9.27. The van der Waals surface area contributed by atoms with Crippen molar-refractivity contribution in [3.63, 3.8) is 0 Å². The van der Waals surface area contributed by atoms with Gasteiger partial charge in [0.25, 0.3) is 0 Å². The van der Waals surface area contributed by atoms with Crippen LogP contribution >= 0.6 is 0 Å². The maximum Gasteiger partial charge on any atom is 0.419 e. The van der Waals surface area contributed by atoms with Gasteiger partial charge in [0.05, 0.1) is 5.56 Å². The molecule has 6 atom stereocenters. The smallest absolute Gasteiger partial charge is 0.206 e. The number of benzene rings is 1. The molecule has 0 amide bonds. The molecule has 154 valence electrons. The van der Waals surface area contributed by atoms with Crippen LogP contribution in [0.5, 0.6) is 0 Å². The molecule has 0 radical (unpaired) electrons. The number of hydrogen-bond acceptors (Lipinski definition) is 0. The minimum atomic E-state index is -4.62. The van der Waals surface area contributed by atoms with E-state index < -0.39 is 17.6 Å². The zero-order valence-corrected chi connectivity index (χ0v) is 16.5. The van der Waals surface area contributed by atoms with Crippen molar-refractivity contribution in [2.75, 3.05) is 0 Å². The number of fused-ring (bicyclic) bond motifs is 3. The van der Waals surface area contributed by atoms with Gasteiger partial charge in [-0.25, -0.2) is 4.39 Å². The van der Waals surface area contributed by atoms with Crippen LogP contribution < -0.4 is 0 Å². The van der Waals surface area contributed by atoms with Gasteiger partial charge in [0.1, 0.15) is 5.82 Å². The van der Waals surface area contributed by atoms with Gasteiger partial charge in [-0.1, -0.05) is 18.2 Å². The molecule has 1 aromatic rings. The van der Waals surface area contributed by atoms with Gasteiger partial charge in [0, 0.05) is 0 Å². The quantitative estimate of drug-likeness (QED) is 0.355. The molecule has 3 saturated carbocycles. The van der Waals surface area contributed by atoms with Crippen LogP contribution in [0.1, 0.15) is 75.3 Å². The third-order valence-electron chi connectivity index (χ3n) is 7.82. The zero-order chi connectivity index (χ0) is 19.9. The summed E-state index contributed by atoms with van der Waals surface area (Å²) in [6.45, 7) is 2.11. The highest BCUT2D eigenvalue weighted by atomic mass is 19.4. The molecule has 3 fully saturated rings. The second kappa shape index (κ2) is 7.84. The molecule has 0 spiro atoms. The Bertz CT molecular complexity index is 720. The monoisotopic (exact) mass is 394 g/mol. The molecule has 0 saturated heterocycles. The molecule has 0 aromatic heterocycles. The first-order valence-corrected chi connectivity index (χ1v) is 10.9. The highest BCUT2D eigenvalue weighted by Crippen LogP contribution is 2.55. The predicted molar refractivity (Wildman–Crippen MR) is 103 cm³/mol. The van der Waals surface area contributed by atoms with Crippen LogP contribution in [0.25, 0.3) is 0 Å². The molecule has 3 aliphatic carbocycles. The van der Waals surface area contributed by atoms with E-state index in [9.17, 15) is 17.6 Å². The Morgan fingerprint density at radius 2 is 1.57 bits per heavy atom. The first-order valence-electron chi connectivity index (χ1n) is 10.9. The molecule has 0 N–H and O–H groups in total. The summed E-state index contributed by atoms with van der Waals surface area (Å²) < 4.78 is 52.5. The third kappa shape index (κ3) is 3.89. The van der Waals surface area contributed by atoms with Crippen molar-refractivity contribution >= 4 is 0 Å². The van der Waals surface area contributed by atoms with Crippen molar-refractivity contribution in [2.24, 2.45) is 29.6 Å². The summed E-state index contributed by atoms with van der Waals surface area (Å²) in [6.07, 6.45) is 9.53. The fourth-order valence-corrected chi connectivity index (χ4v) is 6.60. The van der Waals surface area contributed by atoms with Gasteiger partial charge in [-0.05, 0) is 111 Å². The summed E-state index contributed by atoms with van der Waals surface area (Å²) in [6, 6.07) is 3.57. The maximum absolute atomic E-state index is 14.0. The van der Waals surface area contributed by atoms with Crippen molar-refractivity contribution in [1.82, 2.24) is 0 Å². The summed E-state index contributed by atoms with van der Waals surface area (Å²) in [4.78, 5) is 0. The van der Waals surface area contributed by atoms with Crippen molar-refractivity contribution in [3.8, 4) is 0 Å². The maximum atomic E-state index is 14.0. The molecule has 4 rings (SSSR count).